The molecule has 0 fully saturated rings. The van der Waals surface area contributed by atoms with Crippen LogP contribution >= 0.6 is 0 Å². The molecule has 0 saturated carbocycles. The Morgan fingerprint density at radius 2 is 2.29 bits per heavy atom. The number of nitriles is 1. The van der Waals surface area contributed by atoms with Gasteiger partial charge in [-0.25, -0.2) is 0 Å². The predicted octanol–water partition coefficient (Wildman–Crippen LogP) is 1.76. The first kappa shape index (κ1) is 6.49. The quantitative estimate of drug-likeness (QED) is 0.514. The maximum Gasteiger partial charge on any atom is 0.0669 e. The lowest BCUT2D eigenvalue weighted by molar-refractivity contribution is 0.648. The Balaban J connectivity index is 2.86. The molecule has 0 bridgehead atoms. The van der Waals surface area contributed by atoms with Crippen molar-refractivity contribution in [3.63, 3.8) is 0 Å². The molecule has 1 nitrogen and oxygen atoms in total. The van der Waals surface area contributed by atoms with E-state index < -0.39 is 0 Å². The summed E-state index contributed by atoms with van der Waals surface area (Å²) < 4.78 is 0. The summed E-state index contributed by atoms with van der Waals surface area (Å²) in [5, 5.41) is 8.01. The topological polar surface area (TPSA) is 23.8 Å². The van der Waals surface area contributed by atoms with E-state index in [2.05, 4.69) is 13.8 Å². The molecule has 1 radical (unpaired) electrons. The van der Waals surface area contributed by atoms with Gasteiger partial charge in [-0.2, -0.15) is 5.26 Å². The van der Waals surface area contributed by atoms with Crippen molar-refractivity contribution in [2.45, 2.75) is 20.3 Å². The van der Waals surface area contributed by atoms with Crippen molar-refractivity contribution in [3.05, 3.63) is 6.42 Å². The summed E-state index contributed by atoms with van der Waals surface area (Å²) in [7, 11) is 0. The molecule has 0 atom stereocenters. The minimum atomic E-state index is 0.625. The van der Waals surface area contributed by atoms with Crippen molar-refractivity contribution < 1.29 is 0 Å². The standard InChI is InChI=1S/C6H10N/c1-6(2)4-3-5-7/h3,6H,4H2,1-2H3. The van der Waals surface area contributed by atoms with Gasteiger partial charge in [-0.1, -0.05) is 13.8 Å². The van der Waals surface area contributed by atoms with Gasteiger partial charge in [-0.15, -0.1) is 0 Å². The van der Waals surface area contributed by atoms with E-state index in [4.69, 9.17) is 5.26 Å². The van der Waals surface area contributed by atoms with Gasteiger partial charge in [0.2, 0.25) is 0 Å². The molecule has 0 aliphatic heterocycles. The first-order valence-corrected chi connectivity index (χ1v) is 2.48. The van der Waals surface area contributed by atoms with Gasteiger partial charge in [0.05, 0.1) is 12.5 Å². The van der Waals surface area contributed by atoms with Crippen LogP contribution in [0.15, 0.2) is 0 Å². The zero-order valence-electron chi connectivity index (χ0n) is 4.81. The van der Waals surface area contributed by atoms with Crippen LogP contribution < -0.4 is 0 Å². The van der Waals surface area contributed by atoms with Gasteiger partial charge in [0.1, 0.15) is 0 Å². The second kappa shape index (κ2) is 3.67. The minimum Gasteiger partial charge on any atom is -0.198 e. The highest BCUT2D eigenvalue weighted by molar-refractivity contribution is 4.90. The third-order valence-electron chi connectivity index (χ3n) is 0.681. The fraction of sp³-hybridized carbons (Fsp3) is 0.667. The summed E-state index contributed by atoms with van der Waals surface area (Å²) in [6, 6.07) is 1.97. The summed E-state index contributed by atoms with van der Waals surface area (Å²) >= 11 is 0. The molecular formula is C6H10N. The van der Waals surface area contributed by atoms with Crippen molar-refractivity contribution in [1.29, 1.82) is 5.26 Å². The molecule has 1 heteroatoms. The largest absolute Gasteiger partial charge is 0.198 e. The number of nitrogens with zero attached hydrogens (tertiary/aromatic N) is 1. The van der Waals surface area contributed by atoms with Gasteiger partial charge in [-0.3, -0.25) is 0 Å². The zero-order valence-corrected chi connectivity index (χ0v) is 4.81. The Hall–Kier alpha value is -0.510. The fourth-order valence-corrected chi connectivity index (χ4v) is 0.288. The van der Waals surface area contributed by atoms with E-state index in [-0.39, 0.29) is 0 Å². The van der Waals surface area contributed by atoms with Gasteiger partial charge >= 0.3 is 0 Å². The van der Waals surface area contributed by atoms with Gasteiger partial charge < -0.3 is 0 Å². The monoisotopic (exact) mass is 96.1 g/mol. The Kier molecular flexibility index (Phi) is 3.40. The summed E-state index contributed by atoms with van der Waals surface area (Å²) in [6.07, 6.45) is 2.54. The second-order valence-corrected chi connectivity index (χ2v) is 1.96. The molecule has 0 spiro atoms. The van der Waals surface area contributed by atoms with Crippen LogP contribution in [0.3, 0.4) is 0 Å². The lowest BCUT2D eigenvalue weighted by Gasteiger charge is -1.94. The molecule has 0 aliphatic rings. The van der Waals surface area contributed by atoms with Crippen LogP contribution in [0.5, 0.6) is 0 Å². The second-order valence-electron chi connectivity index (χ2n) is 1.96. The average Bonchev–Trinajstić information content (AvgIpc) is 1.61. The lowest BCUT2D eigenvalue weighted by atomic mass is 10.1. The normalized spacial score (nSPS) is 8.86. The first-order valence-electron chi connectivity index (χ1n) is 2.48. The van der Waals surface area contributed by atoms with E-state index in [1.54, 1.807) is 6.42 Å². The summed E-state index contributed by atoms with van der Waals surface area (Å²) in [6.45, 7) is 4.18. The Morgan fingerprint density at radius 1 is 1.71 bits per heavy atom. The molecule has 0 aromatic heterocycles. The molecule has 7 heavy (non-hydrogen) atoms. The highest BCUT2D eigenvalue weighted by Gasteiger charge is 1.89. The van der Waals surface area contributed by atoms with E-state index in [9.17, 15) is 0 Å². The molecule has 0 unspecified atom stereocenters. The van der Waals surface area contributed by atoms with Crippen molar-refractivity contribution in [2.75, 3.05) is 0 Å². The van der Waals surface area contributed by atoms with Crippen LogP contribution in [0.25, 0.3) is 0 Å². The van der Waals surface area contributed by atoms with Gasteiger partial charge in [0.25, 0.3) is 0 Å². The Bertz CT molecular complexity index is 68.7. The average molecular weight is 96.2 g/mol. The third kappa shape index (κ3) is 5.49. The summed E-state index contributed by atoms with van der Waals surface area (Å²) in [5.41, 5.74) is 0. The Morgan fingerprint density at radius 3 is 2.43 bits per heavy atom. The number of rotatable bonds is 2. The van der Waals surface area contributed by atoms with Crippen molar-refractivity contribution >= 4 is 0 Å². The van der Waals surface area contributed by atoms with Crippen molar-refractivity contribution in [2.24, 2.45) is 5.92 Å². The smallest absolute Gasteiger partial charge is 0.0669 e. The van der Waals surface area contributed by atoms with Crippen molar-refractivity contribution in [3.8, 4) is 6.07 Å². The van der Waals surface area contributed by atoms with E-state index in [0.717, 1.165) is 6.42 Å². The number of hydrogen-bond donors (Lipinski definition) is 0. The van der Waals surface area contributed by atoms with Crippen LogP contribution in [-0.4, -0.2) is 0 Å². The minimum absolute atomic E-state index is 0.625. The molecule has 0 aromatic carbocycles. The molecule has 0 amide bonds. The molecule has 0 aromatic rings. The molecule has 0 aliphatic carbocycles. The molecule has 0 rings (SSSR count). The predicted molar refractivity (Wildman–Crippen MR) is 29.4 cm³/mol. The van der Waals surface area contributed by atoms with Crippen LogP contribution in [0.2, 0.25) is 0 Å². The molecule has 0 saturated heterocycles. The third-order valence-corrected chi connectivity index (χ3v) is 0.681. The molecule has 0 heterocycles. The first-order chi connectivity index (χ1) is 3.27. The number of hydrogen-bond acceptors (Lipinski definition) is 1. The molecular weight excluding hydrogens is 86.1 g/mol. The summed E-state index contributed by atoms with van der Waals surface area (Å²) in [5.74, 6) is 0.625. The van der Waals surface area contributed by atoms with E-state index in [0.29, 0.717) is 5.92 Å². The SMILES string of the molecule is CC(C)C[CH]C#N. The maximum atomic E-state index is 8.01. The Labute approximate surface area is 45.0 Å². The van der Waals surface area contributed by atoms with Crippen molar-refractivity contribution in [1.82, 2.24) is 0 Å². The molecule has 0 N–H and O–H groups in total. The van der Waals surface area contributed by atoms with Crippen LogP contribution in [0.1, 0.15) is 20.3 Å². The van der Waals surface area contributed by atoms with E-state index in [1.165, 1.54) is 0 Å². The zero-order chi connectivity index (χ0) is 5.70. The van der Waals surface area contributed by atoms with Gasteiger partial charge in [-0.05, 0) is 12.3 Å². The van der Waals surface area contributed by atoms with Crippen LogP contribution in [0, 0.1) is 23.7 Å². The summed E-state index contributed by atoms with van der Waals surface area (Å²) in [4.78, 5) is 0. The highest BCUT2D eigenvalue weighted by Crippen LogP contribution is 1.99. The molecule has 39 valence electrons. The van der Waals surface area contributed by atoms with Crippen LogP contribution in [-0.2, 0) is 0 Å². The van der Waals surface area contributed by atoms with Gasteiger partial charge in [0.15, 0.2) is 0 Å². The van der Waals surface area contributed by atoms with Crippen LogP contribution in [0.4, 0.5) is 0 Å². The maximum absolute atomic E-state index is 8.01. The van der Waals surface area contributed by atoms with Gasteiger partial charge in [0, 0.05) is 0 Å². The lowest BCUT2D eigenvalue weighted by Crippen LogP contribution is -1.83. The van der Waals surface area contributed by atoms with E-state index in [1.807, 2.05) is 6.07 Å². The fourth-order valence-electron chi connectivity index (χ4n) is 0.288. The highest BCUT2D eigenvalue weighted by atomic mass is 14.2. The van der Waals surface area contributed by atoms with E-state index >= 15 is 0 Å².